The number of nitrogens with one attached hydrogen (secondary N) is 1. The number of nitrogens with zero attached hydrogens (tertiary/aromatic N) is 1. The van der Waals surface area contributed by atoms with Crippen LogP contribution in [0.2, 0.25) is 0 Å². The molecule has 0 saturated carbocycles. The van der Waals surface area contributed by atoms with Gasteiger partial charge in [0.1, 0.15) is 11.3 Å². The van der Waals surface area contributed by atoms with E-state index in [1.165, 1.54) is 0 Å². The van der Waals surface area contributed by atoms with Crippen LogP contribution in [0.15, 0.2) is 46.7 Å². The summed E-state index contributed by atoms with van der Waals surface area (Å²) in [6.07, 6.45) is 0. The van der Waals surface area contributed by atoms with E-state index in [4.69, 9.17) is 0 Å². The second-order valence-electron chi connectivity index (χ2n) is 4.99. The molecule has 1 atom stereocenters. The molecule has 0 radical (unpaired) electrons. The summed E-state index contributed by atoms with van der Waals surface area (Å²) in [6, 6.07) is 9.06. The van der Waals surface area contributed by atoms with E-state index in [-0.39, 0.29) is 23.6 Å². The summed E-state index contributed by atoms with van der Waals surface area (Å²) < 4.78 is 0. The number of hydrogen-bond donors (Lipinski definition) is 2. The van der Waals surface area contributed by atoms with Crippen LogP contribution in [-0.4, -0.2) is 22.8 Å². The molecule has 1 aromatic rings. The van der Waals surface area contributed by atoms with Gasteiger partial charge in [0.25, 0.3) is 5.91 Å². The highest BCUT2D eigenvalue weighted by atomic mass is 16.3. The van der Waals surface area contributed by atoms with Gasteiger partial charge in [-0.3, -0.25) is 9.79 Å². The number of carbonyl (C=O) groups excluding carboxylic acids is 1. The minimum Gasteiger partial charge on any atom is -0.509 e. The van der Waals surface area contributed by atoms with Gasteiger partial charge < -0.3 is 10.4 Å². The first-order valence-corrected chi connectivity index (χ1v) is 6.35. The lowest BCUT2D eigenvalue weighted by Crippen LogP contribution is -2.33. The van der Waals surface area contributed by atoms with Gasteiger partial charge in [-0.25, -0.2) is 0 Å². The van der Waals surface area contributed by atoms with Crippen LogP contribution in [0.5, 0.6) is 0 Å². The van der Waals surface area contributed by atoms with Crippen molar-refractivity contribution in [1.29, 1.82) is 0 Å². The Kier molecular flexibility index (Phi) is 3.69. The van der Waals surface area contributed by atoms with Crippen molar-refractivity contribution in [2.45, 2.75) is 26.8 Å². The van der Waals surface area contributed by atoms with Crippen molar-refractivity contribution in [2.24, 2.45) is 10.9 Å². The average molecular weight is 258 g/mol. The molecule has 1 heterocycles. The number of rotatable bonds is 3. The quantitative estimate of drug-likeness (QED) is 0.819. The van der Waals surface area contributed by atoms with Crippen LogP contribution in [-0.2, 0) is 4.79 Å². The summed E-state index contributed by atoms with van der Waals surface area (Å²) in [6.45, 7) is 5.64. The smallest absolute Gasteiger partial charge is 0.257 e. The fourth-order valence-corrected chi connectivity index (χ4v) is 2.14. The van der Waals surface area contributed by atoms with E-state index >= 15 is 0 Å². The predicted octanol–water partition coefficient (Wildman–Crippen LogP) is 2.75. The van der Waals surface area contributed by atoms with Crippen LogP contribution in [0.4, 0.5) is 5.69 Å². The molecule has 0 aliphatic carbocycles. The molecule has 0 fully saturated rings. The number of aliphatic hydroxyl groups is 1. The van der Waals surface area contributed by atoms with Crippen LogP contribution in [0.3, 0.4) is 0 Å². The van der Waals surface area contributed by atoms with E-state index in [0.717, 1.165) is 5.69 Å². The zero-order valence-corrected chi connectivity index (χ0v) is 11.3. The molecule has 19 heavy (non-hydrogen) atoms. The molecule has 0 bridgehead atoms. The Bertz CT molecular complexity index is 545. The Morgan fingerprint density at radius 1 is 1.32 bits per heavy atom. The molecule has 1 unspecified atom stereocenters. The van der Waals surface area contributed by atoms with Crippen molar-refractivity contribution >= 4 is 17.3 Å². The van der Waals surface area contributed by atoms with Gasteiger partial charge in [0.05, 0.1) is 17.4 Å². The standard InChI is InChI=1S/C15H18N2O2/c1-9(2)13-14(18)12(15(19)17-13)10(3)16-11-7-5-4-6-8-11/h4-9,13,18H,1-3H3,(H,17,19). The number of hydrogen-bond acceptors (Lipinski definition) is 3. The van der Waals surface area contributed by atoms with Crippen molar-refractivity contribution in [3.05, 3.63) is 41.7 Å². The van der Waals surface area contributed by atoms with Crippen molar-refractivity contribution < 1.29 is 9.90 Å². The van der Waals surface area contributed by atoms with Crippen molar-refractivity contribution in [1.82, 2.24) is 5.32 Å². The molecule has 1 aromatic carbocycles. The molecule has 2 rings (SSSR count). The molecular weight excluding hydrogens is 240 g/mol. The lowest BCUT2D eigenvalue weighted by molar-refractivity contribution is -0.116. The van der Waals surface area contributed by atoms with Crippen LogP contribution in [0.25, 0.3) is 0 Å². The van der Waals surface area contributed by atoms with E-state index in [1.54, 1.807) is 6.92 Å². The summed E-state index contributed by atoms with van der Waals surface area (Å²) in [5.74, 6) is -0.0171. The predicted molar refractivity (Wildman–Crippen MR) is 75.6 cm³/mol. The largest absolute Gasteiger partial charge is 0.509 e. The Labute approximate surface area is 112 Å². The fraction of sp³-hybridized carbons (Fsp3) is 0.333. The molecule has 0 saturated heterocycles. The first kappa shape index (κ1) is 13.3. The van der Waals surface area contributed by atoms with Gasteiger partial charge in [0.2, 0.25) is 0 Å². The normalized spacial score (nSPS) is 20.1. The van der Waals surface area contributed by atoms with Crippen molar-refractivity contribution in [3.8, 4) is 0 Å². The second kappa shape index (κ2) is 5.26. The summed E-state index contributed by atoms with van der Waals surface area (Å²) in [5.41, 5.74) is 1.59. The molecule has 4 heteroatoms. The number of amides is 1. The molecule has 1 amide bonds. The Balaban J connectivity index is 2.35. The molecule has 4 nitrogen and oxygen atoms in total. The zero-order valence-electron chi connectivity index (χ0n) is 11.3. The number of para-hydroxylation sites is 1. The number of benzene rings is 1. The van der Waals surface area contributed by atoms with E-state index in [2.05, 4.69) is 10.3 Å². The third-order valence-electron chi connectivity index (χ3n) is 3.15. The van der Waals surface area contributed by atoms with Gasteiger partial charge >= 0.3 is 0 Å². The van der Waals surface area contributed by atoms with E-state index < -0.39 is 0 Å². The Hall–Kier alpha value is -2.10. The maximum absolute atomic E-state index is 11.9. The molecule has 0 aromatic heterocycles. The first-order valence-electron chi connectivity index (χ1n) is 6.35. The van der Waals surface area contributed by atoms with E-state index in [1.807, 2.05) is 44.2 Å². The highest BCUT2D eigenvalue weighted by molar-refractivity contribution is 6.23. The van der Waals surface area contributed by atoms with Gasteiger partial charge in [-0.1, -0.05) is 32.0 Å². The monoisotopic (exact) mass is 258 g/mol. The Morgan fingerprint density at radius 2 is 1.95 bits per heavy atom. The topological polar surface area (TPSA) is 61.7 Å². The van der Waals surface area contributed by atoms with Gasteiger partial charge in [0.15, 0.2) is 0 Å². The minimum atomic E-state index is -0.316. The number of carbonyl (C=O) groups is 1. The van der Waals surface area contributed by atoms with Gasteiger partial charge in [-0.15, -0.1) is 0 Å². The molecule has 1 aliphatic rings. The lowest BCUT2D eigenvalue weighted by atomic mass is 10.0. The summed E-state index contributed by atoms with van der Waals surface area (Å²) in [5, 5.41) is 12.9. The van der Waals surface area contributed by atoms with Crippen molar-refractivity contribution in [2.75, 3.05) is 0 Å². The van der Waals surface area contributed by atoms with Gasteiger partial charge in [0, 0.05) is 0 Å². The second-order valence-corrected chi connectivity index (χ2v) is 4.99. The van der Waals surface area contributed by atoms with E-state index in [9.17, 15) is 9.90 Å². The van der Waals surface area contributed by atoms with Gasteiger partial charge in [-0.2, -0.15) is 0 Å². The molecule has 2 N–H and O–H groups in total. The highest BCUT2D eigenvalue weighted by Gasteiger charge is 2.34. The van der Waals surface area contributed by atoms with Crippen LogP contribution in [0.1, 0.15) is 20.8 Å². The lowest BCUT2D eigenvalue weighted by Gasteiger charge is -2.14. The fourth-order valence-electron chi connectivity index (χ4n) is 2.14. The van der Waals surface area contributed by atoms with E-state index in [0.29, 0.717) is 11.3 Å². The minimum absolute atomic E-state index is 0.0946. The van der Waals surface area contributed by atoms with Gasteiger partial charge in [-0.05, 0) is 25.0 Å². The summed E-state index contributed by atoms with van der Waals surface area (Å²) >= 11 is 0. The Morgan fingerprint density at radius 3 is 2.47 bits per heavy atom. The zero-order chi connectivity index (χ0) is 14.0. The van der Waals surface area contributed by atoms with Crippen LogP contribution < -0.4 is 5.32 Å². The SMILES string of the molecule is CC(=Nc1ccccc1)C1=C(O)C(C(C)C)NC1=O. The maximum atomic E-state index is 11.9. The molecule has 0 spiro atoms. The molecular formula is C15H18N2O2. The summed E-state index contributed by atoms with van der Waals surface area (Å²) in [7, 11) is 0. The number of aliphatic imine (C=N–C) groups is 1. The molecule has 1 aliphatic heterocycles. The average Bonchev–Trinajstić information content (AvgIpc) is 2.66. The van der Waals surface area contributed by atoms with Crippen molar-refractivity contribution in [3.63, 3.8) is 0 Å². The maximum Gasteiger partial charge on any atom is 0.257 e. The molecule has 100 valence electrons. The number of aliphatic hydroxyl groups excluding tert-OH is 1. The van der Waals surface area contributed by atoms with Crippen LogP contribution >= 0.6 is 0 Å². The highest BCUT2D eigenvalue weighted by Crippen LogP contribution is 2.23. The van der Waals surface area contributed by atoms with Crippen LogP contribution in [0, 0.1) is 5.92 Å². The third kappa shape index (κ3) is 2.67. The summed E-state index contributed by atoms with van der Waals surface area (Å²) in [4.78, 5) is 16.3. The third-order valence-corrected chi connectivity index (χ3v) is 3.15. The first-order chi connectivity index (χ1) is 9.00.